The van der Waals surface area contributed by atoms with E-state index in [4.69, 9.17) is 0 Å². The Balaban J connectivity index is 1.76. The summed E-state index contributed by atoms with van der Waals surface area (Å²) in [4.78, 5) is 0. The molecule has 26 heavy (non-hydrogen) atoms. The Morgan fingerprint density at radius 2 is 1.42 bits per heavy atom. The summed E-state index contributed by atoms with van der Waals surface area (Å²) in [5.41, 5.74) is 8.41. The highest BCUT2D eigenvalue weighted by Gasteiger charge is 2.35. The van der Waals surface area contributed by atoms with Gasteiger partial charge in [0.15, 0.2) is 0 Å². The zero-order chi connectivity index (χ0) is 17.6. The first-order chi connectivity index (χ1) is 12.8. The van der Waals surface area contributed by atoms with Gasteiger partial charge in [-0.25, -0.2) is 0 Å². The number of fused-ring (bicyclic) bond motifs is 3. The van der Waals surface area contributed by atoms with Gasteiger partial charge in [0, 0.05) is 0 Å². The lowest BCUT2D eigenvalue weighted by Gasteiger charge is -2.35. The molecule has 0 aromatic heterocycles. The third-order valence-corrected chi connectivity index (χ3v) is 6.23. The number of hydrogen-bond donors (Lipinski definition) is 1. The number of hydrogen-bond acceptors (Lipinski definition) is 1. The lowest BCUT2D eigenvalue weighted by Crippen LogP contribution is -2.29. The van der Waals surface area contributed by atoms with Gasteiger partial charge in [0.05, 0.1) is 5.60 Å². The second kappa shape index (κ2) is 6.10. The van der Waals surface area contributed by atoms with Crippen LogP contribution in [0, 0.1) is 0 Å². The topological polar surface area (TPSA) is 20.2 Å². The van der Waals surface area contributed by atoms with Crippen LogP contribution in [0.25, 0.3) is 22.3 Å². The van der Waals surface area contributed by atoms with Crippen LogP contribution in [-0.4, -0.2) is 5.11 Å². The molecule has 3 aromatic carbocycles. The fourth-order valence-electron chi connectivity index (χ4n) is 4.94. The third-order valence-electron chi connectivity index (χ3n) is 6.23. The van der Waals surface area contributed by atoms with Crippen LogP contribution in [0.4, 0.5) is 0 Å². The summed E-state index contributed by atoms with van der Waals surface area (Å²) in [6.07, 6.45) is 6.17. The van der Waals surface area contributed by atoms with Crippen molar-refractivity contribution in [2.75, 3.05) is 0 Å². The molecule has 130 valence electrons. The zero-order valence-electron chi connectivity index (χ0n) is 15.0. The van der Waals surface area contributed by atoms with Crippen molar-refractivity contribution in [2.24, 2.45) is 0 Å². The smallest absolute Gasteiger partial charge is 0.0902 e. The molecule has 0 radical (unpaired) electrons. The molecule has 2 aliphatic rings. The molecule has 0 heterocycles. The van der Waals surface area contributed by atoms with Crippen LogP contribution in [0.1, 0.15) is 48.8 Å². The highest BCUT2D eigenvalue weighted by molar-refractivity contribution is 5.86. The molecule has 1 saturated carbocycles. The van der Waals surface area contributed by atoms with Crippen LogP contribution in [0.3, 0.4) is 0 Å². The number of rotatable bonds is 2. The van der Waals surface area contributed by atoms with E-state index in [2.05, 4.69) is 66.7 Å². The molecule has 2 aliphatic carbocycles. The van der Waals surface area contributed by atoms with Crippen LogP contribution >= 0.6 is 0 Å². The number of aliphatic hydroxyl groups is 1. The highest BCUT2D eigenvalue weighted by Crippen LogP contribution is 2.48. The summed E-state index contributed by atoms with van der Waals surface area (Å²) in [5, 5.41) is 11.5. The van der Waals surface area contributed by atoms with E-state index in [1.165, 1.54) is 39.8 Å². The molecule has 0 bridgehead atoms. The highest BCUT2D eigenvalue weighted by atomic mass is 16.3. The maximum absolute atomic E-state index is 11.5. The Bertz CT molecular complexity index is 949. The van der Waals surface area contributed by atoms with Gasteiger partial charge >= 0.3 is 0 Å². The van der Waals surface area contributed by atoms with Crippen LogP contribution < -0.4 is 0 Å². The minimum atomic E-state index is -0.687. The predicted molar refractivity (Wildman–Crippen MR) is 107 cm³/mol. The second-order valence-corrected chi connectivity index (χ2v) is 7.81. The average molecular weight is 340 g/mol. The molecule has 0 spiro atoms. The van der Waals surface area contributed by atoms with E-state index in [0.29, 0.717) is 0 Å². The van der Waals surface area contributed by atoms with Gasteiger partial charge < -0.3 is 5.11 Å². The first kappa shape index (κ1) is 15.8. The van der Waals surface area contributed by atoms with Crippen molar-refractivity contribution in [1.82, 2.24) is 0 Å². The van der Waals surface area contributed by atoms with Gasteiger partial charge in [-0.3, -0.25) is 0 Å². The van der Waals surface area contributed by atoms with Crippen molar-refractivity contribution in [3.63, 3.8) is 0 Å². The molecular formula is C25H24O. The SMILES string of the molecule is OC1(c2ccc3c(c2-c2ccccc2)Cc2ccccc2-3)CCCCC1. The largest absolute Gasteiger partial charge is 0.385 e. The molecule has 0 aliphatic heterocycles. The molecule has 0 amide bonds. The second-order valence-electron chi connectivity index (χ2n) is 7.81. The van der Waals surface area contributed by atoms with Gasteiger partial charge in [0.2, 0.25) is 0 Å². The third kappa shape index (κ3) is 2.42. The average Bonchev–Trinajstić information content (AvgIpc) is 3.07. The van der Waals surface area contributed by atoms with Crippen LogP contribution in [0.15, 0.2) is 66.7 Å². The summed E-state index contributed by atoms with van der Waals surface area (Å²) in [5.74, 6) is 0. The monoisotopic (exact) mass is 340 g/mol. The van der Waals surface area contributed by atoms with Gasteiger partial charge in [-0.2, -0.15) is 0 Å². The predicted octanol–water partition coefficient (Wildman–Crippen LogP) is 6.08. The maximum Gasteiger partial charge on any atom is 0.0902 e. The summed E-state index contributed by atoms with van der Waals surface area (Å²) in [6, 6.07) is 23.8. The van der Waals surface area contributed by atoms with E-state index < -0.39 is 5.60 Å². The molecule has 0 saturated heterocycles. The van der Waals surface area contributed by atoms with Gasteiger partial charge in [-0.15, -0.1) is 0 Å². The van der Waals surface area contributed by atoms with Gasteiger partial charge in [0.25, 0.3) is 0 Å². The first-order valence-corrected chi connectivity index (χ1v) is 9.79. The van der Waals surface area contributed by atoms with Crippen molar-refractivity contribution in [3.05, 3.63) is 83.4 Å². The van der Waals surface area contributed by atoms with Crippen LogP contribution in [0.2, 0.25) is 0 Å². The van der Waals surface area contributed by atoms with E-state index in [9.17, 15) is 5.11 Å². The van der Waals surface area contributed by atoms with Crippen molar-refractivity contribution in [3.8, 4) is 22.3 Å². The molecule has 5 rings (SSSR count). The summed E-state index contributed by atoms with van der Waals surface area (Å²) in [7, 11) is 0. The Morgan fingerprint density at radius 3 is 2.23 bits per heavy atom. The minimum absolute atomic E-state index is 0.687. The molecule has 0 atom stereocenters. The zero-order valence-corrected chi connectivity index (χ0v) is 15.0. The Hall–Kier alpha value is -2.38. The fraction of sp³-hybridized carbons (Fsp3) is 0.280. The molecule has 1 fully saturated rings. The van der Waals surface area contributed by atoms with E-state index >= 15 is 0 Å². The van der Waals surface area contributed by atoms with Gasteiger partial charge in [-0.05, 0) is 58.2 Å². The van der Waals surface area contributed by atoms with Crippen LogP contribution in [-0.2, 0) is 12.0 Å². The molecular weight excluding hydrogens is 316 g/mol. The van der Waals surface area contributed by atoms with Gasteiger partial charge in [-0.1, -0.05) is 86.0 Å². The summed E-state index contributed by atoms with van der Waals surface area (Å²) < 4.78 is 0. The van der Waals surface area contributed by atoms with Crippen molar-refractivity contribution >= 4 is 0 Å². The van der Waals surface area contributed by atoms with E-state index in [0.717, 1.165) is 37.7 Å². The Morgan fingerprint density at radius 1 is 0.692 bits per heavy atom. The molecule has 0 unspecified atom stereocenters. The van der Waals surface area contributed by atoms with E-state index in [1.54, 1.807) is 0 Å². The minimum Gasteiger partial charge on any atom is -0.385 e. The summed E-state index contributed by atoms with van der Waals surface area (Å²) in [6.45, 7) is 0. The molecule has 3 aromatic rings. The molecule has 1 heteroatoms. The van der Waals surface area contributed by atoms with Gasteiger partial charge in [0.1, 0.15) is 0 Å². The first-order valence-electron chi connectivity index (χ1n) is 9.79. The van der Waals surface area contributed by atoms with E-state index in [-0.39, 0.29) is 0 Å². The lowest BCUT2D eigenvalue weighted by atomic mass is 9.75. The van der Waals surface area contributed by atoms with E-state index in [1.807, 2.05) is 0 Å². The van der Waals surface area contributed by atoms with Crippen molar-refractivity contribution in [1.29, 1.82) is 0 Å². The van der Waals surface area contributed by atoms with Crippen LogP contribution in [0.5, 0.6) is 0 Å². The Kier molecular flexibility index (Phi) is 3.72. The standard InChI is InChI=1S/C25H24O/c26-25(15-7-2-8-16-25)23-14-13-21-20-12-6-5-11-19(20)17-22(21)24(23)18-9-3-1-4-10-18/h1,3-6,9-14,26H,2,7-8,15-17H2. The van der Waals surface area contributed by atoms with Crippen molar-refractivity contribution < 1.29 is 5.11 Å². The molecule has 1 N–H and O–H groups in total. The fourth-order valence-corrected chi connectivity index (χ4v) is 4.94. The quantitative estimate of drug-likeness (QED) is 0.469. The normalized spacial score (nSPS) is 17.6. The number of benzene rings is 3. The lowest BCUT2D eigenvalue weighted by molar-refractivity contribution is -0.000128. The maximum atomic E-state index is 11.5. The summed E-state index contributed by atoms with van der Waals surface area (Å²) >= 11 is 0. The van der Waals surface area contributed by atoms with Crippen molar-refractivity contribution in [2.45, 2.75) is 44.1 Å². The Labute approximate surface area is 155 Å². The molecule has 1 nitrogen and oxygen atoms in total.